The molecule has 1 aromatic heterocycles. The van der Waals surface area contributed by atoms with Gasteiger partial charge in [0.15, 0.2) is 11.5 Å². The van der Waals surface area contributed by atoms with Crippen molar-refractivity contribution in [1.29, 1.82) is 0 Å². The molecule has 0 saturated heterocycles. The Bertz CT molecular complexity index is 878. The maximum Gasteiger partial charge on any atom is 0.257 e. The van der Waals surface area contributed by atoms with E-state index < -0.39 is 0 Å². The zero-order chi connectivity index (χ0) is 19.3. The highest BCUT2D eigenvalue weighted by molar-refractivity contribution is 6.06. The minimum absolute atomic E-state index is 0.187. The molecule has 4 rings (SSSR count). The molecular formula is C21H23N3O4. The van der Waals surface area contributed by atoms with Crippen LogP contribution in [0.1, 0.15) is 52.8 Å². The smallest absolute Gasteiger partial charge is 0.257 e. The number of ether oxygens (including phenoxy) is 2. The fourth-order valence-corrected chi connectivity index (χ4v) is 3.53. The summed E-state index contributed by atoms with van der Waals surface area (Å²) in [6.07, 6.45) is 8.45. The summed E-state index contributed by atoms with van der Waals surface area (Å²) < 4.78 is 11.0. The van der Waals surface area contributed by atoms with Crippen LogP contribution in [0.5, 0.6) is 11.5 Å². The van der Waals surface area contributed by atoms with E-state index >= 15 is 0 Å². The minimum Gasteiger partial charge on any atom is -0.486 e. The van der Waals surface area contributed by atoms with Gasteiger partial charge in [0.1, 0.15) is 13.2 Å². The van der Waals surface area contributed by atoms with Crippen LogP contribution in [0.25, 0.3) is 0 Å². The van der Waals surface area contributed by atoms with Gasteiger partial charge in [-0.2, -0.15) is 0 Å². The zero-order valence-corrected chi connectivity index (χ0v) is 15.6. The van der Waals surface area contributed by atoms with Crippen molar-refractivity contribution < 1.29 is 19.1 Å². The van der Waals surface area contributed by atoms with Crippen molar-refractivity contribution >= 4 is 17.5 Å². The van der Waals surface area contributed by atoms with E-state index in [1.807, 2.05) is 0 Å². The van der Waals surface area contributed by atoms with Crippen LogP contribution in [0, 0.1) is 0 Å². The van der Waals surface area contributed by atoms with Gasteiger partial charge in [0.2, 0.25) is 0 Å². The number of hydrogen-bond acceptors (Lipinski definition) is 5. The van der Waals surface area contributed by atoms with Gasteiger partial charge in [-0.3, -0.25) is 14.6 Å². The first-order valence-corrected chi connectivity index (χ1v) is 9.66. The number of hydrogen-bond donors (Lipinski definition) is 2. The summed E-state index contributed by atoms with van der Waals surface area (Å²) in [5, 5.41) is 5.85. The molecule has 0 spiro atoms. The molecule has 2 heterocycles. The molecular weight excluding hydrogens is 358 g/mol. The van der Waals surface area contributed by atoms with Crippen molar-refractivity contribution in [2.45, 2.75) is 38.1 Å². The maximum atomic E-state index is 12.6. The first kappa shape index (κ1) is 18.3. The van der Waals surface area contributed by atoms with E-state index in [4.69, 9.17) is 9.47 Å². The number of rotatable bonds is 4. The summed E-state index contributed by atoms with van der Waals surface area (Å²) in [5.74, 6) is 0.736. The Morgan fingerprint density at radius 2 is 1.61 bits per heavy atom. The van der Waals surface area contributed by atoms with Gasteiger partial charge in [-0.25, -0.2) is 0 Å². The SMILES string of the molecule is O=C(Nc1ccc2c(c1)OCCO2)c1cncc(C(=O)NC2CCCCC2)c1. The van der Waals surface area contributed by atoms with Gasteiger partial charge in [0.25, 0.3) is 11.8 Å². The maximum absolute atomic E-state index is 12.6. The minimum atomic E-state index is -0.337. The van der Waals surface area contributed by atoms with Gasteiger partial charge >= 0.3 is 0 Å². The Morgan fingerprint density at radius 1 is 0.893 bits per heavy atom. The molecule has 0 bridgehead atoms. The number of aromatic nitrogens is 1. The van der Waals surface area contributed by atoms with Crippen LogP contribution in [0.15, 0.2) is 36.7 Å². The number of nitrogens with one attached hydrogen (secondary N) is 2. The summed E-state index contributed by atoms with van der Waals surface area (Å²) in [6.45, 7) is 0.993. The van der Waals surface area contributed by atoms with Gasteiger partial charge < -0.3 is 20.1 Å². The van der Waals surface area contributed by atoms with E-state index in [-0.39, 0.29) is 17.9 Å². The molecule has 7 heteroatoms. The molecule has 28 heavy (non-hydrogen) atoms. The molecule has 1 aromatic carbocycles. The lowest BCUT2D eigenvalue weighted by Crippen LogP contribution is -2.36. The molecule has 2 amide bonds. The number of anilines is 1. The molecule has 1 fully saturated rings. The van der Waals surface area contributed by atoms with Crippen LogP contribution in [0.4, 0.5) is 5.69 Å². The van der Waals surface area contributed by atoms with Crippen molar-refractivity contribution in [3.63, 3.8) is 0 Å². The molecule has 146 valence electrons. The molecule has 1 aliphatic carbocycles. The van der Waals surface area contributed by atoms with Crippen LogP contribution in [-0.2, 0) is 0 Å². The summed E-state index contributed by atoms with van der Waals surface area (Å²) in [7, 11) is 0. The lowest BCUT2D eigenvalue weighted by atomic mass is 9.95. The second kappa shape index (κ2) is 8.29. The second-order valence-corrected chi connectivity index (χ2v) is 7.08. The third-order valence-corrected chi connectivity index (χ3v) is 5.00. The van der Waals surface area contributed by atoms with Crippen molar-refractivity contribution in [2.24, 2.45) is 0 Å². The normalized spacial score (nSPS) is 16.3. The van der Waals surface area contributed by atoms with Crippen molar-refractivity contribution in [3.05, 3.63) is 47.8 Å². The quantitative estimate of drug-likeness (QED) is 0.849. The summed E-state index contributed by atoms with van der Waals surface area (Å²) in [5.41, 5.74) is 1.30. The Hall–Kier alpha value is -3.09. The predicted octanol–water partition coefficient (Wildman–Crippen LogP) is 3.17. The van der Waals surface area contributed by atoms with Crippen molar-refractivity contribution in [1.82, 2.24) is 10.3 Å². The van der Waals surface area contributed by atoms with Gasteiger partial charge in [-0.15, -0.1) is 0 Å². The highest BCUT2D eigenvalue weighted by Crippen LogP contribution is 2.32. The molecule has 2 N–H and O–H groups in total. The van der Waals surface area contributed by atoms with Crippen LogP contribution in [0.2, 0.25) is 0 Å². The number of fused-ring (bicyclic) bond motifs is 1. The number of benzene rings is 1. The summed E-state index contributed by atoms with van der Waals surface area (Å²) in [6, 6.07) is 7.00. The lowest BCUT2D eigenvalue weighted by Gasteiger charge is -2.22. The molecule has 7 nitrogen and oxygen atoms in total. The molecule has 0 radical (unpaired) electrons. The Kier molecular flexibility index (Phi) is 5.41. The number of amides is 2. The summed E-state index contributed by atoms with van der Waals surface area (Å²) >= 11 is 0. The number of carbonyl (C=O) groups excluding carboxylic acids is 2. The topological polar surface area (TPSA) is 89.6 Å². The van der Waals surface area contributed by atoms with Crippen LogP contribution in [0.3, 0.4) is 0 Å². The first-order valence-electron chi connectivity index (χ1n) is 9.66. The van der Waals surface area contributed by atoms with Gasteiger partial charge in [0.05, 0.1) is 11.1 Å². The monoisotopic (exact) mass is 381 g/mol. The molecule has 1 saturated carbocycles. The number of pyridine rings is 1. The molecule has 2 aliphatic rings. The number of nitrogens with zero attached hydrogens (tertiary/aromatic N) is 1. The third-order valence-electron chi connectivity index (χ3n) is 5.00. The molecule has 0 unspecified atom stereocenters. The first-order chi connectivity index (χ1) is 13.7. The Labute approximate surface area is 163 Å². The van der Waals surface area contributed by atoms with E-state index in [1.165, 1.54) is 18.8 Å². The number of carbonyl (C=O) groups is 2. The van der Waals surface area contributed by atoms with E-state index in [0.717, 1.165) is 25.7 Å². The highest BCUT2D eigenvalue weighted by atomic mass is 16.6. The largest absolute Gasteiger partial charge is 0.486 e. The van der Waals surface area contributed by atoms with E-state index in [0.29, 0.717) is 41.5 Å². The molecule has 0 atom stereocenters. The highest BCUT2D eigenvalue weighted by Gasteiger charge is 2.18. The zero-order valence-electron chi connectivity index (χ0n) is 15.6. The standard InChI is InChI=1S/C21H23N3O4/c25-20(23-16-4-2-1-3-5-16)14-10-15(13-22-12-14)21(26)24-17-6-7-18-19(11-17)28-9-8-27-18/h6-7,10-13,16H,1-5,8-9H2,(H,23,25)(H,24,26). The van der Waals surface area contributed by atoms with Crippen LogP contribution < -0.4 is 20.1 Å². The fourth-order valence-electron chi connectivity index (χ4n) is 3.53. The predicted molar refractivity (Wildman–Crippen MR) is 104 cm³/mol. The van der Waals surface area contributed by atoms with Gasteiger partial charge in [0, 0.05) is 30.2 Å². The fraction of sp³-hybridized carbons (Fsp3) is 0.381. The second-order valence-electron chi connectivity index (χ2n) is 7.08. The Balaban J connectivity index is 1.43. The third kappa shape index (κ3) is 4.24. The van der Waals surface area contributed by atoms with Crippen LogP contribution >= 0.6 is 0 Å². The van der Waals surface area contributed by atoms with E-state index in [9.17, 15) is 9.59 Å². The Morgan fingerprint density at radius 3 is 2.39 bits per heavy atom. The molecule has 2 aromatic rings. The van der Waals surface area contributed by atoms with Crippen LogP contribution in [-0.4, -0.2) is 36.1 Å². The van der Waals surface area contributed by atoms with Gasteiger partial charge in [-0.05, 0) is 31.0 Å². The average molecular weight is 381 g/mol. The van der Waals surface area contributed by atoms with Crippen molar-refractivity contribution in [2.75, 3.05) is 18.5 Å². The summed E-state index contributed by atoms with van der Waals surface area (Å²) in [4.78, 5) is 29.2. The average Bonchev–Trinajstić information content (AvgIpc) is 2.74. The van der Waals surface area contributed by atoms with E-state index in [2.05, 4.69) is 15.6 Å². The molecule has 1 aliphatic heterocycles. The van der Waals surface area contributed by atoms with Crippen molar-refractivity contribution in [3.8, 4) is 11.5 Å². The van der Waals surface area contributed by atoms with Gasteiger partial charge in [-0.1, -0.05) is 19.3 Å². The lowest BCUT2D eigenvalue weighted by molar-refractivity contribution is 0.0927. The van der Waals surface area contributed by atoms with E-state index in [1.54, 1.807) is 24.3 Å².